The van der Waals surface area contributed by atoms with Crippen molar-refractivity contribution in [3.8, 4) is 27.5 Å². The highest BCUT2D eigenvalue weighted by atomic mass is 32.2. The van der Waals surface area contributed by atoms with Crippen LogP contribution in [0, 0.1) is 6.92 Å². The average Bonchev–Trinajstić information content (AvgIpc) is 3.36. The van der Waals surface area contributed by atoms with Gasteiger partial charge >= 0.3 is 0 Å². The van der Waals surface area contributed by atoms with Gasteiger partial charge in [-0.15, -0.1) is 11.3 Å². The van der Waals surface area contributed by atoms with Crippen LogP contribution in [0.5, 0.6) is 0 Å². The lowest BCUT2D eigenvalue weighted by Gasteiger charge is -2.14. The summed E-state index contributed by atoms with van der Waals surface area (Å²) in [6.45, 7) is 5.46. The van der Waals surface area contributed by atoms with Crippen LogP contribution in [0.3, 0.4) is 0 Å². The highest BCUT2D eigenvalue weighted by molar-refractivity contribution is 7.90. The number of hydrogen-bond donors (Lipinski definition) is 1. The molecule has 0 amide bonds. The molecule has 2 aromatic carbocycles. The van der Waals surface area contributed by atoms with Gasteiger partial charge in [-0.1, -0.05) is 24.3 Å². The minimum absolute atomic E-state index is 0.302. The maximum atomic E-state index is 11.9. The Morgan fingerprint density at radius 1 is 1.03 bits per heavy atom. The van der Waals surface area contributed by atoms with Crippen LogP contribution in [-0.2, 0) is 15.4 Å². The van der Waals surface area contributed by atoms with E-state index in [0.29, 0.717) is 10.6 Å². The summed E-state index contributed by atoms with van der Waals surface area (Å²) < 4.78 is 25.9. The van der Waals surface area contributed by atoms with E-state index in [1.165, 1.54) is 6.26 Å². The van der Waals surface area contributed by atoms with Gasteiger partial charge in [0, 0.05) is 12.5 Å². The maximum absolute atomic E-state index is 11.9. The first-order valence-electron chi connectivity index (χ1n) is 9.82. The van der Waals surface area contributed by atoms with Crippen molar-refractivity contribution in [1.82, 2.24) is 9.55 Å². The number of imidazole rings is 1. The van der Waals surface area contributed by atoms with Crippen molar-refractivity contribution < 1.29 is 13.5 Å². The lowest BCUT2D eigenvalue weighted by Crippen LogP contribution is -2.15. The van der Waals surface area contributed by atoms with Gasteiger partial charge in [0.05, 0.1) is 21.2 Å². The number of aliphatic hydroxyl groups is 1. The van der Waals surface area contributed by atoms with Crippen LogP contribution >= 0.6 is 11.3 Å². The third kappa shape index (κ3) is 4.35. The molecule has 1 N–H and O–H groups in total. The Morgan fingerprint density at radius 2 is 1.77 bits per heavy atom. The van der Waals surface area contributed by atoms with E-state index in [1.807, 2.05) is 59.5 Å². The molecule has 0 radical (unpaired) electrons. The first-order chi connectivity index (χ1) is 14.5. The Morgan fingerprint density at radius 3 is 2.39 bits per heavy atom. The zero-order valence-corrected chi connectivity index (χ0v) is 19.5. The number of benzene rings is 2. The summed E-state index contributed by atoms with van der Waals surface area (Å²) in [5.41, 5.74) is 3.29. The fourth-order valence-electron chi connectivity index (χ4n) is 3.45. The standard InChI is InChI=1S/C24H24N2O3S2/c1-16-13-18(17-7-5-8-19(14-17)31(4,28)29)10-11-20(16)26-15-22(24(2,3)27)25-23(26)21-9-6-12-30-21/h5-15,27H,1-4H3. The number of rotatable bonds is 5. The van der Waals surface area contributed by atoms with Gasteiger partial charge < -0.3 is 5.11 Å². The Hall–Kier alpha value is -2.74. The van der Waals surface area contributed by atoms with Crippen LogP contribution in [0.2, 0.25) is 0 Å². The van der Waals surface area contributed by atoms with Crippen molar-refractivity contribution in [3.05, 3.63) is 77.4 Å². The quantitative estimate of drug-likeness (QED) is 0.451. The second-order valence-electron chi connectivity index (χ2n) is 8.16. The van der Waals surface area contributed by atoms with Crippen LogP contribution in [0.15, 0.2) is 71.1 Å². The topological polar surface area (TPSA) is 72.2 Å². The predicted molar refractivity (Wildman–Crippen MR) is 125 cm³/mol. The van der Waals surface area contributed by atoms with Gasteiger partial charge in [-0.3, -0.25) is 4.57 Å². The second-order valence-corrected chi connectivity index (χ2v) is 11.1. The van der Waals surface area contributed by atoms with Gasteiger partial charge in [-0.2, -0.15) is 0 Å². The molecule has 0 aliphatic carbocycles. The molecule has 0 spiro atoms. The van der Waals surface area contributed by atoms with Gasteiger partial charge in [-0.05, 0) is 73.2 Å². The van der Waals surface area contributed by atoms with Gasteiger partial charge in [0.15, 0.2) is 15.7 Å². The number of thiophene rings is 1. The lowest BCUT2D eigenvalue weighted by atomic mass is 10.0. The van der Waals surface area contributed by atoms with Crippen LogP contribution < -0.4 is 0 Å². The van der Waals surface area contributed by atoms with Crippen LogP contribution in [0.4, 0.5) is 0 Å². The lowest BCUT2D eigenvalue weighted by molar-refractivity contribution is 0.0743. The molecule has 0 unspecified atom stereocenters. The summed E-state index contributed by atoms with van der Waals surface area (Å²) in [6.07, 6.45) is 3.09. The van der Waals surface area contributed by atoms with E-state index in [-0.39, 0.29) is 0 Å². The summed E-state index contributed by atoms with van der Waals surface area (Å²) in [5.74, 6) is 0.780. The molecule has 31 heavy (non-hydrogen) atoms. The van der Waals surface area contributed by atoms with E-state index in [1.54, 1.807) is 43.4 Å². The SMILES string of the molecule is Cc1cc(-c2cccc(S(C)(=O)=O)c2)ccc1-n1cc(C(C)(C)O)nc1-c1cccs1. The molecule has 160 valence electrons. The minimum Gasteiger partial charge on any atom is -0.384 e. The fraction of sp³-hybridized carbons (Fsp3) is 0.208. The van der Waals surface area contributed by atoms with E-state index in [9.17, 15) is 13.5 Å². The molecule has 7 heteroatoms. The molecule has 2 aromatic heterocycles. The van der Waals surface area contributed by atoms with E-state index in [0.717, 1.165) is 33.1 Å². The number of nitrogens with zero attached hydrogens (tertiary/aromatic N) is 2. The predicted octanol–water partition coefficient (Wildman–Crippen LogP) is 5.21. The van der Waals surface area contributed by atoms with Crippen molar-refractivity contribution in [2.75, 3.05) is 6.26 Å². The summed E-state index contributed by atoms with van der Waals surface area (Å²) >= 11 is 1.60. The van der Waals surface area contributed by atoms with Crippen molar-refractivity contribution >= 4 is 21.2 Å². The third-order valence-electron chi connectivity index (χ3n) is 5.13. The van der Waals surface area contributed by atoms with Crippen molar-refractivity contribution in [3.63, 3.8) is 0 Å². The molecule has 0 bridgehead atoms. The molecule has 4 rings (SSSR count). The van der Waals surface area contributed by atoms with Crippen molar-refractivity contribution in [2.45, 2.75) is 31.3 Å². The fourth-order valence-corrected chi connectivity index (χ4v) is 4.83. The Kier molecular flexibility index (Phi) is 5.37. The summed E-state index contributed by atoms with van der Waals surface area (Å²) in [4.78, 5) is 6.03. The van der Waals surface area contributed by atoms with Crippen LogP contribution in [0.25, 0.3) is 27.5 Å². The Balaban J connectivity index is 1.82. The van der Waals surface area contributed by atoms with E-state index < -0.39 is 15.4 Å². The number of aromatic nitrogens is 2. The van der Waals surface area contributed by atoms with Gasteiger partial charge in [-0.25, -0.2) is 13.4 Å². The van der Waals surface area contributed by atoms with Crippen LogP contribution in [-0.4, -0.2) is 29.3 Å². The summed E-state index contributed by atoms with van der Waals surface area (Å²) in [6, 6.07) is 17.0. The van der Waals surface area contributed by atoms with Gasteiger partial charge in [0.25, 0.3) is 0 Å². The van der Waals surface area contributed by atoms with Crippen LogP contribution in [0.1, 0.15) is 25.1 Å². The third-order valence-corrected chi connectivity index (χ3v) is 7.10. The summed E-state index contributed by atoms with van der Waals surface area (Å²) in [7, 11) is -3.27. The Labute approximate surface area is 186 Å². The van der Waals surface area contributed by atoms with Gasteiger partial charge in [0.2, 0.25) is 0 Å². The largest absolute Gasteiger partial charge is 0.384 e. The first-order valence-corrected chi connectivity index (χ1v) is 12.6. The Bertz CT molecular complexity index is 1350. The number of sulfone groups is 1. The zero-order chi connectivity index (χ0) is 22.4. The molecular weight excluding hydrogens is 428 g/mol. The van der Waals surface area contributed by atoms with Gasteiger partial charge in [0.1, 0.15) is 5.60 Å². The molecule has 5 nitrogen and oxygen atoms in total. The molecular formula is C24H24N2O3S2. The number of hydrogen-bond acceptors (Lipinski definition) is 5. The first kappa shape index (κ1) is 21.5. The van der Waals surface area contributed by atoms with Crippen molar-refractivity contribution in [2.24, 2.45) is 0 Å². The second kappa shape index (κ2) is 7.75. The average molecular weight is 453 g/mol. The molecule has 0 aliphatic heterocycles. The minimum atomic E-state index is -3.27. The molecule has 0 fully saturated rings. The van der Waals surface area contributed by atoms with E-state index in [4.69, 9.17) is 4.98 Å². The molecule has 0 saturated carbocycles. The molecule has 0 aliphatic rings. The molecule has 4 aromatic rings. The monoisotopic (exact) mass is 452 g/mol. The van der Waals surface area contributed by atoms with Crippen molar-refractivity contribution in [1.29, 1.82) is 0 Å². The van der Waals surface area contributed by atoms with E-state index >= 15 is 0 Å². The smallest absolute Gasteiger partial charge is 0.175 e. The molecule has 2 heterocycles. The molecule has 0 saturated heterocycles. The molecule has 0 atom stereocenters. The van der Waals surface area contributed by atoms with E-state index in [2.05, 4.69) is 0 Å². The number of aryl methyl sites for hydroxylation is 1. The maximum Gasteiger partial charge on any atom is 0.175 e. The normalized spacial score (nSPS) is 12.3. The highest BCUT2D eigenvalue weighted by Gasteiger charge is 2.24. The highest BCUT2D eigenvalue weighted by Crippen LogP contribution is 2.33. The zero-order valence-electron chi connectivity index (χ0n) is 17.8. The summed E-state index contributed by atoms with van der Waals surface area (Å²) in [5, 5.41) is 12.5.